The molecular weight excluding hydrogens is 208 g/mol. The largest absolute Gasteiger partial charge is 0.320 e. The fourth-order valence-electron chi connectivity index (χ4n) is 1.67. The molecule has 1 unspecified atom stereocenters. The first kappa shape index (κ1) is 13.1. The molecule has 16 heavy (non-hydrogen) atoms. The molecule has 1 nitrogen and oxygen atoms in total. The van der Waals surface area contributed by atoms with Crippen molar-refractivity contribution in [3.8, 4) is 0 Å². The first-order valence-electron chi connectivity index (χ1n) is 5.72. The molecular formula is C13H19F2N. The first-order chi connectivity index (χ1) is 7.63. The van der Waals surface area contributed by atoms with E-state index in [0.717, 1.165) is 25.5 Å². The Kier molecular flexibility index (Phi) is 5.39. The van der Waals surface area contributed by atoms with E-state index in [1.807, 2.05) is 7.05 Å². The smallest absolute Gasteiger partial charge is 0.126 e. The van der Waals surface area contributed by atoms with Crippen molar-refractivity contribution < 1.29 is 8.78 Å². The minimum absolute atomic E-state index is 0.304. The van der Waals surface area contributed by atoms with Crippen molar-refractivity contribution in [1.29, 1.82) is 0 Å². The lowest BCUT2D eigenvalue weighted by Crippen LogP contribution is -2.12. The average Bonchev–Trinajstić information content (AvgIpc) is 2.27. The molecule has 0 heterocycles. The van der Waals surface area contributed by atoms with Gasteiger partial charge >= 0.3 is 0 Å². The molecule has 0 aliphatic rings. The highest BCUT2D eigenvalue weighted by molar-refractivity contribution is 5.18. The van der Waals surface area contributed by atoms with E-state index >= 15 is 0 Å². The van der Waals surface area contributed by atoms with Gasteiger partial charge in [-0.15, -0.1) is 0 Å². The van der Waals surface area contributed by atoms with Crippen molar-refractivity contribution >= 4 is 0 Å². The summed E-state index contributed by atoms with van der Waals surface area (Å²) >= 11 is 0. The Bertz CT molecular complexity index is 326. The second-order valence-electron chi connectivity index (χ2n) is 4.27. The van der Waals surface area contributed by atoms with Gasteiger partial charge in [0.15, 0.2) is 0 Å². The lowest BCUT2D eigenvalue weighted by atomic mass is 9.98. The summed E-state index contributed by atoms with van der Waals surface area (Å²) in [5.41, 5.74) is 0.483. The number of hydrogen-bond acceptors (Lipinski definition) is 1. The number of nitrogens with one attached hydrogen (secondary N) is 1. The Balaban J connectivity index is 2.44. The molecule has 90 valence electrons. The SMILES string of the molecule is CNCCC(C)CCc1cc(F)ccc1F. The predicted octanol–water partition coefficient (Wildman–Crippen LogP) is 3.14. The molecule has 1 N–H and O–H groups in total. The van der Waals surface area contributed by atoms with Crippen molar-refractivity contribution in [3.05, 3.63) is 35.4 Å². The van der Waals surface area contributed by atoms with E-state index in [4.69, 9.17) is 0 Å². The van der Waals surface area contributed by atoms with Crippen LogP contribution in [0.5, 0.6) is 0 Å². The van der Waals surface area contributed by atoms with E-state index in [2.05, 4.69) is 12.2 Å². The maximum absolute atomic E-state index is 13.3. The third kappa shape index (κ3) is 4.27. The molecule has 0 aromatic heterocycles. The Morgan fingerprint density at radius 2 is 2.00 bits per heavy atom. The third-order valence-corrected chi connectivity index (χ3v) is 2.80. The normalized spacial score (nSPS) is 12.8. The molecule has 0 aliphatic heterocycles. The van der Waals surface area contributed by atoms with Gasteiger partial charge in [-0.2, -0.15) is 0 Å². The molecule has 0 radical (unpaired) electrons. The van der Waals surface area contributed by atoms with Gasteiger partial charge in [-0.25, -0.2) is 8.78 Å². The monoisotopic (exact) mass is 227 g/mol. The van der Waals surface area contributed by atoms with Gasteiger partial charge in [-0.05, 0) is 62.5 Å². The van der Waals surface area contributed by atoms with Gasteiger partial charge in [0.1, 0.15) is 11.6 Å². The number of benzene rings is 1. The maximum Gasteiger partial charge on any atom is 0.126 e. The van der Waals surface area contributed by atoms with Crippen LogP contribution in [0.2, 0.25) is 0 Å². The Morgan fingerprint density at radius 3 is 2.69 bits per heavy atom. The highest BCUT2D eigenvalue weighted by Crippen LogP contribution is 2.16. The zero-order chi connectivity index (χ0) is 12.0. The summed E-state index contributed by atoms with van der Waals surface area (Å²) in [6.45, 7) is 3.10. The molecule has 0 aliphatic carbocycles. The average molecular weight is 227 g/mol. The Hall–Kier alpha value is -0.960. The fourth-order valence-corrected chi connectivity index (χ4v) is 1.67. The molecule has 0 fully saturated rings. The van der Waals surface area contributed by atoms with Gasteiger partial charge in [0.05, 0.1) is 0 Å². The molecule has 0 amide bonds. The van der Waals surface area contributed by atoms with Crippen LogP contribution in [-0.2, 0) is 6.42 Å². The summed E-state index contributed by atoms with van der Waals surface area (Å²) in [6.07, 6.45) is 2.56. The Morgan fingerprint density at radius 1 is 1.25 bits per heavy atom. The summed E-state index contributed by atoms with van der Waals surface area (Å²) in [7, 11) is 1.92. The van der Waals surface area contributed by atoms with Gasteiger partial charge in [0, 0.05) is 0 Å². The van der Waals surface area contributed by atoms with Gasteiger partial charge < -0.3 is 5.32 Å². The zero-order valence-electron chi connectivity index (χ0n) is 9.89. The van der Waals surface area contributed by atoms with Crippen molar-refractivity contribution in [3.63, 3.8) is 0 Å². The van der Waals surface area contributed by atoms with Gasteiger partial charge in [-0.3, -0.25) is 0 Å². The van der Waals surface area contributed by atoms with E-state index < -0.39 is 0 Å². The van der Waals surface area contributed by atoms with Crippen LogP contribution >= 0.6 is 0 Å². The predicted molar refractivity (Wildman–Crippen MR) is 62.4 cm³/mol. The van der Waals surface area contributed by atoms with Crippen molar-refractivity contribution in [1.82, 2.24) is 5.32 Å². The van der Waals surface area contributed by atoms with Crippen molar-refractivity contribution in [2.75, 3.05) is 13.6 Å². The van der Waals surface area contributed by atoms with Crippen molar-refractivity contribution in [2.45, 2.75) is 26.2 Å². The highest BCUT2D eigenvalue weighted by atomic mass is 19.1. The topological polar surface area (TPSA) is 12.0 Å². The number of halogens is 2. The molecule has 1 aromatic rings. The second kappa shape index (κ2) is 6.59. The van der Waals surface area contributed by atoms with Crippen LogP contribution in [0.1, 0.15) is 25.3 Å². The van der Waals surface area contributed by atoms with E-state index in [-0.39, 0.29) is 11.6 Å². The quantitative estimate of drug-likeness (QED) is 0.787. The minimum atomic E-state index is -0.362. The highest BCUT2D eigenvalue weighted by Gasteiger charge is 2.07. The standard InChI is InChI=1S/C13H19F2N/c1-10(7-8-16-2)3-4-11-9-12(14)5-6-13(11)15/h5-6,9-10,16H,3-4,7-8H2,1-2H3. The van der Waals surface area contributed by atoms with Crippen LogP contribution in [0, 0.1) is 17.6 Å². The van der Waals surface area contributed by atoms with Crippen LogP contribution in [0.3, 0.4) is 0 Å². The summed E-state index contributed by atoms with van der Waals surface area (Å²) in [4.78, 5) is 0. The summed E-state index contributed by atoms with van der Waals surface area (Å²) in [5, 5.41) is 3.08. The van der Waals surface area contributed by atoms with Crippen molar-refractivity contribution in [2.24, 2.45) is 5.92 Å². The molecule has 1 atom stereocenters. The number of aryl methyl sites for hydroxylation is 1. The van der Waals surface area contributed by atoms with Crippen LogP contribution in [-0.4, -0.2) is 13.6 Å². The Labute approximate surface area is 95.9 Å². The first-order valence-corrected chi connectivity index (χ1v) is 5.72. The zero-order valence-corrected chi connectivity index (χ0v) is 9.89. The summed E-state index contributed by atoms with van der Waals surface area (Å²) < 4.78 is 26.2. The van der Waals surface area contributed by atoms with Gasteiger partial charge in [-0.1, -0.05) is 6.92 Å². The lowest BCUT2D eigenvalue weighted by Gasteiger charge is -2.11. The second-order valence-corrected chi connectivity index (χ2v) is 4.27. The lowest BCUT2D eigenvalue weighted by molar-refractivity contribution is 0.474. The van der Waals surface area contributed by atoms with Crippen LogP contribution in [0.4, 0.5) is 8.78 Å². The van der Waals surface area contributed by atoms with Crippen LogP contribution in [0.15, 0.2) is 18.2 Å². The molecule has 1 aromatic carbocycles. The van der Waals surface area contributed by atoms with E-state index in [0.29, 0.717) is 17.9 Å². The van der Waals surface area contributed by atoms with E-state index in [9.17, 15) is 8.78 Å². The summed E-state index contributed by atoms with van der Waals surface area (Å²) in [5.74, 6) is -0.142. The molecule has 0 saturated heterocycles. The minimum Gasteiger partial charge on any atom is -0.320 e. The number of rotatable bonds is 6. The molecule has 3 heteroatoms. The van der Waals surface area contributed by atoms with Gasteiger partial charge in [0.25, 0.3) is 0 Å². The molecule has 0 spiro atoms. The van der Waals surface area contributed by atoms with E-state index in [1.165, 1.54) is 12.1 Å². The van der Waals surface area contributed by atoms with Crippen LogP contribution in [0.25, 0.3) is 0 Å². The van der Waals surface area contributed by atoms with E-state index in [1.54, 1.807) is 0 Å². The fraction of sp³-hybridized carbons (Fsp3) is 0.538. The molecule has 0 bridgehead atoms. The maximum atomic E-state index is 13.3. The van der Waals surface area contributed by atoms with Gasteiger partial charge in [0.2, 0.25) is 0 Å². The van der Waals surface area contributed by atoms with Crippen LogP contribution < -0.4 is 5.32 Å². The molecule has 1 rings (SSSR count). The third-order valence-electron chi connectivity index (χ3n) is 2.80. The molecule has 0 saturated carbocycles. The summed E-state index contributed by atoms with van der Waals surface area (Å²) in [6, 6.07) is 3.65. The number of hydrogen-bond donors (Lipinski definition) is 1.